The van der Waals surface area contributed by atoms with Gasteiger partial charge in [-0.25, -0.2) is 9.37 Å². The first-order valence-electron chi connectivity index (χ1n) is 3.92. The highest BCUT2D eigenvalue weighted by Crippen LogP contribution is 2.20. The summed E-state index contributed by atoms with van der Waals surface area (Å²) in [5, 5.41) is 2.70. The first kappa shape index (κ1) is 9.55. The van der Waals surface area contributed by atoms with E-state index >= 15 is 0 Å². The van der Waals surface area contributed by atoms with Gasteiger partial charge in [0.2, 0.25) is 0 Å². The SMILES string of the molecule is Fc1ccc(-c2csc(CCl)n2)nc1. The Morgan fingerprint density at radius 1 is 1.36 bits per heavy atom. The third kappa shape index (κ3) is 1.91. The van der Waals surface area contributed by atoms with Crippen molar-refractivity contribution in [2.75, 3.05) is 0 Å². The Morgan fingerprint density at radius 2 is 2.21 bits per heavy atom. The predicted molar refractivity (Wildman–Crippen MR) is 54.9 cm³/mol. The summed E-state index contributed by atoms with van der Waals surface area (Å²) >= 11 is 7.09. The van der Waals surface area contributed by atoms with Crippen LogP contribution in [0.3, 0.4) is 0 Å². The third-order valence-corrected chi connectivity index (χ3v) is 2.92. The topological polar surface area (TPSA) is 25.8 Å². The van der Waals surface area contributed by atoms with E-state index in [0.717, 1.165) is 10.7 Å². The molecule has 0 unspecified atom stereocenters. The Kier molecular flexibility index (Phi) is 2.74. The van der Waals surface area contributed by atoms with E-state index in [4.69, 9.17) is 11.6 Å². The molecule has 2 nitrogen and oxygen atoms in total. The maximum atomic E-state index is 12.6. The van der Waals surface area contributed by atoms with E-state index in [2.05, 4.69) is 9.97 Å². The van der Waals surface area contributed by atoms with Crippen LogP contribution < -0.4 is 0 Å². The Labute approximate surface area is 89.4 Å². The van der Waals surface area contributed by atoms with Crippen molar-refractivity contribution in [2.45, 2.75) is 5.88 Å². The second-order valence-electron chi connectivity index (χ2n) is 2.62. The van der Waals surface area contributed by atoms with Gasteiger partial charge in [-0.05, 0) is 12.1 Å². The van der Waals surface area contributed by atoms with Crippen LogP contribution in [0.5, 0.6) is 0 Å². The van der Waals surface area contributed by atoms with Crippen molar-refractivity contribution in [3.05, 3.63) is 34.5 Å². The van der Waals surface area contributed by atoms with Crippen LogP contribution in [-0.2, 0) is 5.88 Å². The molecule has 5 heteroatoms. The molecule has 0 spiro atoms. The molecule has 0 radical (unpaired) electrons. The zero-order valence-corrected chi connectivity index (χ0v) is 8.65. The van der Waals surface area contributed by atoms with Crippen molar-refractivity contribution >= 4 is 22.9 Å². The molecule has 0 bridgehead atoms. The maximum Gasteiger partial charge on any atom is 0.141 e. The number of thiazole rings is 1. The summed E-state index contributed by atoms with van der Waals surface area (Å²) in [5.41, 5.74) is 1.41. The van der Waals surface area contributed by atoms with E-state index in [1.807, 2.05) is 5.38 Å². The van der Waals surface area contributed by atoms with E-state index < -0.39 is 0 Å². The molecule has 0 amide bonds. The van der Waals surface area contributed by atoms with Gasteiger partial charge in [0.05, 0.1) is 23.5 Å². The van der Waals surface area contributed by atoms with Gasteiger partial charge in [0.1, 0.15) is 10.8 Å². The molecule has 14 heavy (non-hydrogen) atoms. The Morgan fingerprint density at radius 3 is 2.79 bits per heavy atom. The minimum Gasteiger partial charge on any atom is -0.252 e. The lowest BCUT2D eigenvalue weighted by Crippen LogP contribution is -1.85. The maximum absolute atomic E-state index is 12.6. The standard InChI is InChI=1S/C9H6ClFN2S/c10-3-9-13-8(5-14-9)7-2-1-6(11)4-12-7/h1-2,4-5H,3H2. The Hall–Kier alpha value is -1.00. The van der Waals surface area contributed by atoms with Crippen molar-refractivity contribution in [3.63, 3.8) is 0 Å². The van der Waals surface area contributed by atoms with Crippen LogP contribution in [0.25, 0.3) is 11.4 Å². The van der Waals surface area contributed by atoms with Gasteiger partial charge in [0.15, 0.2) is 0 Å². The molecule has 0 aliphatic carbocycles. The lowest BCUT2D eigenvalue weighted by molar-refractivity contribution is 0.622. The Bertz CT molecular complexity index is 427. The van der Waals surface area contributed by atoms with E-state index in [0.29, 0.717) is 11.6 Å². The highest BCUT2D eigenvalue weighted by atomic mass is 35.5. The molecular weight excluding hydrogens is 223 g/mol. The highest BCUT2D eigenvalue weighted by molar-refractivity contribution is 7.10. The van der Waals surface area contributed by atoms with Crippen LogP contribution >= 0.6 is 22.9 Å². The summed E-state index contributed by atoms with van der Waals surface area (Å²) in [5.74, 6) is 0.0489. The average Bonchev–Trinajstić information content (AvgIpc) is 2.67. The van der Waals surface area contributed by atoms with Crippen molar-refractivity contribution in [2.24, 2.45) is 0 Å². The van der Waals surface area contributed by atoms with Crippen molar-refractivity contribution in [3.8, 4) is 11.4 Å². The molecule has 0 fully saturated rings. The monoisotopic (exact) mass is 228 g/mol. The number of rotatable bonds is 2. The zero-order valence-electron chi connectivity index (χ0n) is 7.08. The Balaban J connectivity index is 2.34. The lowest BCUT2D eigenvalue weighted by Gasteiger charge is -1.93. The van der Waals surface area contributed by atoms with Crippen LogP contribution in [-0.4, -0.2) is 9.97 Å². The molecular formula is C9H6ClFN2S. The van der Waals surface area contributed by atoms with Gasteiger partial charge in [0, 0.05) is 5.38 Å². The van der Waals surface area contributed by atoms with Crippen molar-refractivity contribution in [1.29, 1.82) is 0 Å². The van der Waals surface area contributed by atoms with Gasteiger partial charge >= 0.3 is 0 Å². The molecule has 0 aromatic carbocycles. The highest BCUT2D eigenvalue weighted by Gasteiger charge is 2.04. The fourth-order valence-corrected chi connectivity index (χ4v) is 1.90. The minimum atomic E-state index is -0.346. The van der Waals surface area contributed by atoms with Crippen molar-refractivity contribution < 1.29 is 4.39 Å². The number of hydrogen-bond acceptors (Lipinski definition) is 3. The number of halogens is 2. The summed E-state index contributed by atoms with van der Waals surface area (Å²) in [6.45, 7) is 0. The minimum absolute atomic E-state index is 0.346. The zero-order chi connectivity index (χ0) is 9.97. The fraction of sp³-hybridized carbons (Fsp3) is 0.111. The van der Waals surface area contributed by atoms with Crippen LogP contribution in [0, 0.1) is 5.82 Å². The molecule has 0 saturated carbocycles. The van der Waals surface area contributed by atoms with E-state index in [1.165, 1.54) is 23.6 Å². The second-order valence-corrected chi connectivity index (χ2v) is 3.83. The van der Waals surface area contributed by atoms with E-state index in [9.17, 15) is 4.39 Å². The van der Waals surface area contributed by atoms with Crippen LogP contribution in [0.2, 0.25) is 0 Å². The molecule has 0 saturated heterocycles. The molecule has 0 atom stereocenters. The van der Waals surface area contributed by atoms with Gasteiger partial charge < -0.3 is 0 Å². The first-order chi connectivity index (χ1) is 6.79. The summed E-state index contributed by atoms with van der Waals surface area (Å²) in [7, 11) is 0. The second kappa shape index (κ2) is 4.02. The number of aromatic nitrogens is 2. The number of nitrogens with zero attached hydrogens (tertiary/aromatic N) is 2. The average molecular weight is 229 g/mol. The lowest BCUT2D eigenvalue weighted by atomic mass is 10.3. The van der Waals surface area contributed by atoms with Crippen LogP contribution in [0.1, 0.15) is 5.01 Å². The largest absolute Gasteiger partial charge is 0.252 e. The van der Waals surface area contributed by atoms with E-state index in [-0.39, 0.29) is 5.82 Å². The van der Waals surface area contributed by atoms with E-state index in [1.54, 1.807) is 6.07 Å². The molecule has 2 heterocycles. The normalized spacial score (nSPS) is 10.4. The van der Waals surface area contributed by atoms with Crippen LogP contribution in [0.15, 0.2) is 23.7 Å². The van der Waals surface area contributed by atoms with Gasteiger partial charge in [0.25, 0.3) is 0 Å². The fourth-order valence-electron chi connectivity index (χ4n) is 1.02. The van der Waals surface area contributed by atoms with Gasteiger partial charge in [-0.3, -0.25) is 4.98 Å². The molecule has 0 aliphatic heterocycles. The number of hydrogen-bond donors (Lipinski definition) is 0. The molecule has 2 aromatic heterocycles. The summed E-state index contributed by atoms with van der Waals surface area (Å²) in [4.78, 5) is 8.15. The van der Waals surface area contributed by atoms with Gasteiger partial charge in [-0.1, -0.05) is 0 Å². The quantitative estimate of drug-likeness (QED) is 0.739. The summed E-state index contributed by atoms with van der Waals surface area (Å²) < 4.78 is 12.6. The molecule has 2 rings (SSSR count). The smallest absolute Gasteiger partial charge is 0.141 e. The van der Waals surface area contributed by atoms with Gasteiger partial charge in [-0.2, -0.15) is 0 Å². The molecule has 0 N–H and O–H groups in total. The molecule has 2 aromatic rings. The summed E-state index contributed by atoms with van der Waals surface area (Å²) in [6, 6.07) is 2.96. The van der Waals surface area contributed by atoms with Crippen LogP contribution in [0.4, 0.5) is 4.39 Å². The predicted octanol–water partition coefficient (Wildman–Crippen LogP) is 3.08. The van der Waals surface area contributed by atoms with Gasteiger partial charge in [-0.15, -0.1) is 22.9 Å². The third-order valence-electron chi connectivity index (χ3n) is 1.66. The number of pyridine rings is 1. The first-order valence-corrected chi connectivity index (χ1v) is 5.33. The number of alkyl halides is 1. The summed E-state index contributed by atoms with van der Waals surface area (Å²) in [6.07, 6.45) is 1.18. The van der Waals surface area contributed by atoms with Crippen molar-refractivity contribution in [1.82, 2.24) is 9.97 Å². The molecule has 72 valence electrons. The molecule has 0 aliphatic rings.